The van der Waals surface area contributed by atoms with Crippen molar-refractivity contribution in [2.75, 3.05) is 7.05 Å². The van der Waals surface area contributed by atoms with Crippen LogP contribution >= 0.6 is 0 Å². The first-order valence-electron chi connectivity index (χ1n) is 7.07. The third kappa shape index (κ3) is 2.94. The number of benzene rings is 1. The molecule has 112 valence electrons. The molecule has 1 amide bonds. The van der Waals surface area contributed by atoms with Crippen LogP contribution in [0, 0.1) is 32.1 Å². The van der Waals surface area contributed by atoms with E-state index in [1.54, 1.807) is 6.08 Å². The molecule has 0 spiro atoms. The maximum Gasteiger partial charge on any atom is 0.261 e. The molecule has 0 unspecified atom stereocenters. The number of carbonyl (C=O) groups excluding carboxylic acids is 1. The number of rotatable bonds is 3. The minimum atomic E-state index is -0.372. The number of nitrogens with one attached hydrogen (secondary N) is 1. The first-order chi connectivity index (χ1) is 10.5. The molecule has 1 aromatic carbocycles. The van der Waals surface area contributed by atoms with E-state index in [0.717, 1.165) is 22.6 Å². The zero-order chi connectivity index (χ0) is 16.3. The quantitative estimate of drug-likeness (QED) is 0.698. The van der Waals surface area contributed by atoms with Gasteiger partial charge in [-0.3, -0.25) is 4.79 Å². The first-order valence-corrected chi connectivity index (χ1v) is 7.07. The van der Waals surface area contributed by atoms with Crippen LogP contribution in [-0.2, 0) is 4.79 Å². The fraction of sp³-hybridized carbons (Fsp3) is 0.222. The summed E-state index contributed by atoms with van der Waals surface area (Å²) in [5.41, 5.74) is 5.30. The SMILES string of the molecule is CNC(=O)/C(C#N)=C\c1cc(C)n(-c2cccc(C)c2)c1C. The van der Waals surface area contributed by atoms with Gasteiger partial charge in [-0.05, 0) is 56.2 Å². The van der Waals surface area contributed by atoms with Crippen LogP contribution in [0.15, 0.2) is 35.9 Å². The van der Waals surface area contributed by atoms with Crippen LogP contribution in [0.1, 0.15) is 22.5 Å². The standard InChI is InChI=1S/C18H19N3O/c1-12-6-5-7-17(8-12)21-13(2)9-15(14(21)3)10-16(11-19)18(22)20-4/h5-10H,1-4H3,(H,20,22)/b16-10-. The predicted octanol–water partition coefficient (Wildman–Crippen LogP) is 3.06. The molecule has 0 aliphatic heterocycles. The Bertz CT molecular complexity index is 791. The summed E-state index contributed by atoms with van der Waals surface area (Å²) in [5.74, 6) is -0.372. The molecule has 1 heterocycles. The van der Waals surface area contributed by atoms with Crippen molar-refractivity contribution in [1.29, 1.82) is 5.26 Å². The lowest BCUT2D eigenvalue weighted by Crippen LogP contribution is -2.19. The highest BCUT2D eigenvalue weighted by molar-refractivity contribution is 6.01. The third-order valence-electron chi connectivity index (χ3n) is 3.62. The third-order valence-corrected chi connectivity index (χ3v) is 3.62. The molecule has 0 bridgehead atoms. The molecule has 2 aromatic rings. The van der Waals surface area contributed by atoms with Gasteiger partial charge in [-0.2, -0.15) is 5.26 Å². The number of amides is 1. The van der Waals surface area contributed by atoms with Crippen LogP contribution in [0.3, 0.4) is 0 Å². The summed E-state index contributed by atoms with van der Waals surface area (Å²) < 4.78 is 2.12. The number of aromatic nitrogens is 1. The van der Waals surface area contributed by atoms with Gasteiger partial charge in [-0.1, -0.05) is 12.1 Å². The van der Waals surface area contributed by atoms with Gasteiger partial charge < -0.3 is 9.88 Å². The number of hydrogen-bond donors (Lipinski definition) is 1. The van der Waals surface area contributed by atoms with Crippen LogP contribution in [0.25, 0.3) is 11.8 Å². The Balaban J connectivity index is 2.55. The normalized spacial score (nSPS) is 11.1. The summed E-state index contributed by atoms with van der Waals surface area (Å²) in [6.07, 6.45) is 1.63. The second-order valence-electron chi connectivity index (χ2n) is 5.25. The summed E-state index contributed by atoms with van der Waals surface area (Å²) in [6.45, 7) is 6.05. The van der Waals surface area contributed by atoms with Gasteiger partial charge >= 0.3 is 0 Å². The molecule has 1 aromatic heterocycles. The molecule has 0 aliphatic carbocycles. The van der Waals surface area contributed by atoms with Crippen LogP contribution < -0.4 is 5.32 Å². The van der Waals surface area contributed by atoms with E-state index in [2.05, 4.69) is 28.9 Å². The van der Waals surface area contributed by atoms with Crippen molar-refractivity contribution in [3.63, 3.8) is 0 Å². The molecule has 0 radical (unpaired) electrons. The van der Waals surface area contributed by atoms with E-state index in [0.29, 0.717) is 0 Å². The highest BCUT2D eigenvalue weighted by atomic mass is 16.1. The zero-order valence-corrected chi connectivity index (χ0v) is 13.3. The van der Waals surface area contributed by atoms with E-state index in [1.165, 1.54) is 12.6 Å². The summed E-state index contributed by atoms with van der Waals surface area (Å²) in [4.78, 5) is 11.7. The molecule has 0 aliphatic rings. The largest absolute Gasteiger partial charge is 0.354 e. The maximum absolute atomic E-state index is 11.7. The Kier molecular flexibility index (Phi) is 4.47. The molecule has 1 N–H and O–H groups in total. The highest BCUT2D eigenvalue weighted by Crippen LogP contribution is 2.23. The van der Waals surface area contributed by atoms with E-state index in [-0.39, 0.29) is 11.5 Å². The summed E-state index contributed by atoms with van der Waals surface area (Å²) >= 11 is 0. The smallest absolute Gasteiger partial charge is 0.261 e. The average molecular weight is 293 g/mol. The summed E-state index contributed by atoms with van der Waals surface area (Å²) in [6, 6.07) is 12.2. The molecular weight excluding hydrogens is 274 g/mol. The molecular formula is C18H19N3O. The number of likely N-dealkylation sites (N-methyl/N-ethyl adjacent to an activating group) is 1. The van der Waals surface area contributed by atoms with E-state index in [1.807, 2.05) is 38.1 Å². The number of nitriles is 1. The minimum Gasteiger partial charge on any atom is -0.354 e. The topological polar surface area (TPSA) is 57.8 Å². The summed E-state index contributed by atoms with van der Waals surface area (Å²) in [5, 5.41) is 11.6. The van der Waals surface area contributed by atoms with Crippen molar-refractivity contribution in [1.82, 2.24) is 9.88 Å². The van der Waals surface area contributed by atoms with Gasteiger partial charge in [-0.25, -0.2) is 0 Å². The summed E-state index contributed by atoms with van der Waals surface area (Å²) in [7, 11) is 1.52. The van der Waals surface area contributed by atoms with Gasteiger partial charge in [0.25, 0.3) is 5.91 Å². The van der Waals surface area contributed by atoms with Crippen LogP contribution in [0.2, 0.25) is 0 Å². The number of hydrogen-bond acceptors (Lipinski definition) is 2. The Hall–Kier alpha value is -2.80. The molecule has 4 heteroatoms. The van der Waals surface area contributed by atoms with Crippen molar-refractivity contribution in [2.45, 2.75) is 20.8 Å². The second kappa shape index (κ2) is 6.31. The van der Waals surface area contributed by atoms with E-state index >= 15 is 0 Å². The molecule has 0 atom stereocenters. The Labute approximate surface area is 130 Å². The monoisotopic (exact) mass is 293 g/mol. The molecule has 4 nitrogen and oxygen atoms in total. The van der Waals surface area contributed by atoms with Gasteiger partial charge in [0, 0.05) is 24.1 Å². The number of carbonyl (C=O) groups is 1. The van der Waals surface area contributed by atoms with Crippen molar-refractivity contribution >= 4 is 12.0 Å². The molecule has 22 heavy (non-hydrogen) atoms. The van der Waals surface area contributed by atoms with Crippen LogP contribution in [0.5, 0.6) is 0 Å². The lowest BCUT2D eigenvalue weighted by Gasteiger charge is -2.10. The van der Waals surface area contributed by atoms with Gasteiger partial charge in [0.15, 0.2) is 0 Å². The maximum atomic E-state index is 11.7. The van der Waals surface area contributed by atoms with Gasteiger partial charge in [0.1, 0.15) is 11.6 Å². The molecule has 0 saturated carbocycles. The highest BCUT2D eigenvalue weighted by Gasteiger charge is 2.12. The van der Waals surface area contributed by atoms with Crippen LogP contribution in [0.4, 0.5) is 0 Å². The molecule has 2 rings (SSSR count). The van der Waals surface area contributed by atoms with Crippen molar-refractivity contribution in [3.8, 4) is 11.8 Å². The van der Waals surface area contributed by atoms with Gasteiger partial charge in [-0.15, -0.1) is 0 Å². The van der Waals surface area contributed by atoms with Crippen LogP contribution in [-0.4, -0.2) is 17.5 Å². The fourth-order valence-corrected chi connectivity index (χ4v) is 2.54. The lowest BCUT2D eigenvalue weighted by molar-refractivity contribution is -0.116. The average Bonchev–Trinajstić information content (AvgIpc) is 2.78. The second-order valence-corrected chi connectivity index (χ2v) is 5.25. The lowest BCUT2D eigenvalue weighted by atomic mass is 10.1. The predicted molar refractivity (Wildman–Crippen MR) is 87.6 cm³/mol. The van der Waals surface area contributed by atoms with E-state index < -0.39 is 0 Å². The zero-order valence-electron chi connectivity index (χ0n) is 13.3. The van der Waals surface area contributed by atoms with Crippen molar-refractivity contribution in [2.24, 2.45) is 0 Å². The molecule has 0 fully saturated rings. The Morgan fingerprint density at radius 3 is 2.59 bits per heavy atom. The van der Waals surface area contributed by atoms with Gasteiger partial charge in [0.2, 0.25) is 0 Å². The Morgan fingerprint density at radius 2 is 2.00 bits per heavy atom. The van der Waals surface area contributed by atoms with Gasteiger partial charge in [0.05, 0.1) is 0 Å². The van der Waals surface area contributed by atoms with E-state index in [4.69, 9.17) is 5.26 Å². The first kappa shape index (κ1) is 15.6. The van der Waals surface area contributed by atoms with Crippen molar-refractivity contribution in [3.05, 3.63) is 58.4 Å². The molecule has 0 saturated heterocycles. The number of aryl methyl sites for hydroxylation is 2. The Morgan fingerprint density at radius 1 is 1.27 bits per heavy atom. The van der Waals surface area contributed by atoms with Crippen molar-refractivity contribution < 1.29 is 4.79 Å². The van der Waals surface area contributed by atoms with E-state index in [9.17, 15) is 4.79 Å². The minimum absolute atomic E-state index is 0.104. The number of nitrogens with zero attached hydrogens (tertiary/aromatic N) is 2. The fourth-order valence-electron chi connectivity index (χ4n) is 2.54.